The second-order valence-electron chi connectivity index (χ2n) is 6.72. The molecule has 0 atom stereocenters. The summed E-state index contributed by atoms with van der Waals surface area (Å²) in [6, 6.07) is 21.8. The topological polar surface area (TPSA) is 95.5 Å². The Morgan fingerprint density at radius 2 is 1.27 bits per heavy atom. The van der Waals surface area contributed by atoms with Gasteiger partial charge in [-0.25, -0.2) is 10.2 Å². The van der Waals surface area contributed by atoms with Crippen molar-refractivity contribution >= 4 is 17.6 Å². The van der Waals surface area contributed by atoms with E-state index in [0.29, 0.717) is 23.0 Å². The minimum Gasteiger partial charge on any atom is -0.493 e. The number of hydrazone groups is 1. The molecule has 0 aliphatic rings. The zero-order valence-corrected chi connectivity index (χ0v) is 18.5. The Balaban J connectivity index is 1.70. The highest BCUT2D eigenvalue weighted by molar-refractivity contribution is 6.13. The van der Waals surface area contributed by atoms with E-state index in [1.54, 1.807) is 0 Å². The molecular weight excluding hydrogens is 424 g/mol. The zero-order chi connectivity index (χ0) is 23.6. The molecule has 3 aromatic carbocycles. The van der Waals surface area contributed by atoms with Gasteiger partial charge in [0.2, 0.25) is 5.75 Å². The lowest BCUT2D eigenvalue weighted by molar-refractivity contribution is -0.124. The molecule has 0 bridgehead atoms. The number of ether oxygens (including phenoxy) is 4. The molecule has 0 unspecified atom stereocenters. The molecule has 0 aromatic heterocycles. The highest BCUT2D eigenvalue weighted by atomic mass is 16.5. The first kappa shape index (κ1) is 23.3. The van der Waals surface area contributed by atoms with Crippen LogP contribution in [0.15, 0.2) is 77.9 Å². The Bertz CT molecular complexity index is 1060. The predicted molar refractivity (Wildman–Crippen MR) is 123 cm³/mol. The molecule has 3 rings (SSSR count). The van der Waals surface area contributed by atoms with Crippen molar-refractivity contribution in [3.05, 3.63) is 89.5 Å². The summed E-state index contributed by atoms with van der Waals surface area (Å²) < 4.78 is 20.8. The van der Waals surface area contributed by atoms with Crippen LogP contribution in [0, 0.1) is 0 Å². The molecule has 0 fully saturated rings. The van der Waals surface area contributed by atoms with Crippen molar-refractivity contribution in [2.75, 3.05) is 27.9 Å². The van der Waals surface area contributed by atoms with Crippen molar-refractivity contribution in [2.45, 2.75) is 0 Å². The van der Waals surface area contributed by atoms with Crippen LogP contribution in [0.5, 0.6) is 17.2 Å². The van der Waals surface area contributed by atoms with E-state index >= 15 is 0 Å². The molecule has 0 aliphatic carbocycles. The van der Waals surface area contributed by atoms with Crippen molar-refractivity contribution < 1.29 is 28.5 Å². The van der Waals surface area contributed by atoms with Gasteiger partial charge in [-0.3, -0.25) is 4.79 Å². The summed E-state index contributed by atoms with van der Waals surface area (Å²) in [6.07, 6.45) is 0. The van der Waals surface area contributed by atoms with Gasteiger partial charge in [-0.05, 0) is 12.1 Å². The number of methoxy groups -OCH3 is 3. The van der Waals surface area contributed by atoms with Gasteiger partial charge in [0.1, 0.15) is 0 Å². The molecule has 1 amide bonds. The third kappa shape index (κ3) is 5.88. The van der Waals surface area contributed by atoms with Crippen LogP contribution in [-0.4, -0.2) is 45.5 Å². The molecule has 0 heterocycles. The van der Waals surface area contributed by atoms with E-state index in [-0.39, 0.29) is 5.56 Å². The van der Waals surface area contributed by atoms with Crippen LogP contribution >= 0.6 is 0 Å². The molecule has 0 saturated heterocycles. The molecule has 0 spiro atoms. The maximum atomic E-state index is 12.5. The smallest absolute Gasteiger partial charge is 0.338 e. The van der Waals surface area contributed by atoms with Gasteiger partial charge >= 0.3 is 5.97 Å². The third-order valence-electron chi connectivity index (χ3n) is 4.62. The van der Waals surface area contributed by atoms with Crippen LogP contribution < -0.4 is 19.6 Å². The molecule has 3 aromatic rings. The first-order valence-electron chi connectivity index (χ1n) is 10.0. The summed E-state index contributed by atoms with van der Waals surface area (Å²) >= 11 is 0. The Hall–Kier alpha value is -4.33. The van der Waals surface area contributed by atoms with Gasteiger partial charge in [-0.1, -0.05) is 60.7 Å². The van der Waals surface area contributed by atoms with E-state index in [9.17, 15) is 9.59 Å². The van der Waals surface area contributed by atoms with Crippen LogP contribution in [0.4, 0.5) is 0 Å². The number of nitrogens with one attached hydrogen (secondary N) is 1. The van der Waals surface area contributed by atoms with Crippen molar-refractivity contribution in [2.24, 2.45) is 5.10 Å². The minimum atomic E-state index is -0.722. The van der Waals surface area contributed by atoms with Gasteiger partial charge in [-0.2, -0.15) is 5.10 Å². The normalized spacial score (nSPS) is 10.0. The summed E-state index contributed by atoms with van der Waals surface area (Å²) in [6.45, 7) is -0.518. The van der Waals surface area contributed by atoms with Crippen molar-refractivity contribution in [1.29, 1.82) is 0 Å². The second-order valence-corrected chi connectivity index (χ2v) is 6.72. The fraction of sp³-hybridized carbons (Fsp3) is 0.160. The fourth-order valence-corrected chi connectivity index (χ4v) is 3.05. The molecule has 8 heteroatoms. The highest BCUT2D eigenvalue weighted by Gasteiger charge is 2.18. The summed E-state index contributed by atoms with van der Waals surface area (Å²) in [5.41, 5.74) is 4.85. The number of rotatable bonds is 9. The average Bonchev–Trinajstić information content (AvgIpc) is 2.87. The Morgan fingerprint density at radius 1 is 0.758 bits per heavy atom. The fourth-order valence-electron chi connectivity index (χ4n) is 3.05. The first-order chi connectivity index (χ1) is 16.1. The number of carbonyl (C=O) groups excluding carboxylic acids is 2. The van der Waals surface area contributed by atoms with E-state index in [4.69, 9.17) is 18.9 Å². The molecule has 8 nitrogen and oxygen atoms in total. The molecule has 0 radical (unpaired) electrons. The third-order valence-corrected chi connectivity index (χ3v) is 4.62. The molecule has 0 saturated carbocycles. The Morgan fingerprint density at radius 3 is 1.73 bits per heavy atom. The van der Waals surface area contributed by atoms with Gasteiger partial charge in [-0.15, -0.1) is 0 Å². The van der Waals surface area contributed by atoms with Gasteiger partial charge in [0.15, 0.2) is 18.1 Å². The largest absolute Gasteiger partial charge is 0.493 e. The van der Waals surface area contributed by atoms with Gasteiger partial charge in [0.25, 0.3) is 5.91 Å². The Labute approximate surface area is 191 Å². The maximum absolute atomic E-state index is 12.5. The number of nitrogens with zero attached hydrogens (tertiary/aromatic N) is 1. The number of amides is 1. The lowest BCUT2D eigenvalue weighted by atomic mass is 10.0. The van der Waals surface area contributed by atoms with Crippen LogP contribution in [0.25, 0.3) is 0 Å². The summed E-state index contributed by atoms with van der Waals surface area (Å²) in [4.78, 5) is 24.8. The van der Waals surface area contributed by atoms with E-state index in [1.165, 1.54) is 33.5 Å². The van der Waals surface area contributed by atoms with Crippen LogP contribution in [0.3, 0.4) is 0 Å². The predicted octanol–water partition coefficient (Wildman–Crippen LogP) is 3.44. The monoisotopic (exact) mass is 448 g/mol. The molecule has 0 aliphatic heterocycles. The number of carbonyl (C=O) groups is 2. The van der Waals surface area contributed by atoms with Gasteiger partial charge in [0.05, 0.1) is 32.6 Å². The van der Waals surface area contributed by atoms with E-state index in [0.717, 1.165) is 11.1 Å². The average molecular weight is 448 g/mol. The second kappa shape index (κ2) is 11.3. The van der Waals surface area contributed by atoms with Crippen molar-refractivity contribution in [3.63, 3.8) is 0 Å². The molecule has 33 heavy (non-hydrogen) atoms. The molecular formula is C25H24N2O6. The highest BCUT2D eigenvalue weighted by Crippen LogP contribution is 2.38. The quantitative estimate of drug-likeness (QED) is 0.306. The van der Waals surface area contributed by atoms with Crippen LogP contribution in [-0.2, 0) is 9.53 Å². The number of hydrogen-bond donors (Lipinski definition) is 1. The van der Waals surface area contributed by atoms with E-state index in [2.05, 4.69) is 10.5 Å². The Kier molecular flexibility index (Phi) is 8.02. The minimum absolute atomic E-state index is 0.148. The van der Waals surface area contributed by atoms with E-state index in [1.807, 2.05) is 60.7 Å². The summed E-state index contributed by atoms with van der Waals surface area (Å²) in [5, 5.41) is 4.26. The molecule has 1 N–H and O–H groups in total. The molecule has 170 valence electrons. The van der Waals surface area contributed by atoms with Crippen molar-refractivity contribution in [3.8, 4) is 17.2 Å². The van der Waals surface area contributed by atoms with E-state index < -0.39 is 18.5 Å². The number of esters is 1. The van der Waals surface area contributed by atoms with Crippen molar-refractivity contribution in [1.82, 2.24) is 5.43 Å². The summed E-state index contributed by atoms with van der Waals surface area (Å²) in [5.74, 6) is -0.362. The standard InChI is InChI=1S/C25H24N2O6/c1-30-20-14-19(15-21(31-2)24(20)32-3)25(29)33-16-22(28)26-27-23(17-10-6-4-7-11-17)18-12-8-5-9-13-18/h4-15H,16H2,1-3H3,(H,26,28). The zero-order valence-electron chi connectivity index (χ0n) is 18.5. The van der Waals surface area contributed by atoms with Crippen LogP contribution in [0.2, 0.25) is 0 Å². The van der Waals surface area contributed by atoms with Gasteiger partial charge < -0.3 is 18.9 Å². The lowest BCUT2D eigenvalue weighted by Crippen LogP contribution is -2.26. The van der Waals surface area contributed by atoms with Crippen LogP contribution in [0.1, 0.15) is 21.5 Å². The SMILES string of the molecule is COc1cc(C(=O)OCC(=O)NN=C(c2ccccc2)c2ccccc2)cc(OC)c1OC. The number of benzene rings is 3. The summed E-state index contributed by atoms with van der Waals surface area (Å²) in [7, 11) is 4.34. The first-order valence-corrected chi connectivity index (χ1v) is 10.0. The maximum Gasteiger partial charge on any atom is 0.338 e. The lowest BCUT2D eigenvalue weighted by Gasteiger charge is -2.13. The van der Waals surface area contributed by atoms with Gasteiger partial charge in [0, 0.05) is 11.1 Å². The number of hydrogen-bond acceptors (Lipinski definition) is 7.